The van der Waals surface area contributed by atoms with E-state index in [2.05, 4.69) is 158 Å². The summed E-state index contributed by atoms with van der Waals surface area (Å²) in [5.74, 6) is 40.7. The summed E-state index contributed by atoms with van der Waals surface area (Å²) in [5, 5.41) is 50.4. The Bertz CT molecular complexity index is 1230. The van der Waals surface area contributed by atoms with Gasteiger partial charge in [0.05, 0.1) is 6.54 Å². The Hall–Kier alpha value is -5.20. The second-order valence-corrected chi connectivity index (χ2v) is 5.51. The highest BCUT2D eigenvalue weighted by atomic mass is 17.8. The van der Waals surface area contributed by atoms with Gasteiger partial charge in [-0.25, -0.2) is 21.0 Å². The molecule has 14 N–H and O–H groups in total. The number of hydroxylamine groups is 2. The molecule has 0 heterocycles. The number of hydrogen-bond acceptors (Lipinski definition) is 17. The Balaban J connectivity index is -0.0000000213. The summed E-state index contributed by atoms with van der Waals surface area (Å²) in [6, 6.07) is 0. The van der Waals surface area contributed by atoms with E-state index >= 15 is 0 Å². The summed E-state index contributed by atoms with van der Waals surface area (Å²) in [6.45, 7) is 7.77. The van der Waals surface area contributed by atoms with Gasteiger partial charge in [-0.05, 0) is 146 Å². The van der Waals surface area contributed by atoms with Crippen LogP contribution < -0.4 is 11.8 Å². The summed E-state index contributed by atoms with van der Waals surface area (Å²) < 4.78 is 0. The highest BCUT2D eigenvalue weighted by molar-refractivity contribution is 5.44. The Kier molecular flexibility index (Phi) is 107. The van der Waals surface area contributed by atoms with Gasteiger partial charge in [-0.15, -0.1) is 36.1 Å². The molecular weight excluding hydrogens is 662 g/mol. The van der Waals surface area contributed by atoms with Crippen LogP contribution in [0.15, 0.2) is 0 Å². The molecular formula is C29H57N3O17. The van der Waals surface area contributed by atoms with Gasteiger partial charge < -0.3 is 22.6 Å². The number of unbranched alkanes of at least 4 members (excludes halogenated alkanes) is 3. The van der Waals surface area contributed by atoms with Crippen LogP contribution in [0.4, 0.5) is 0 Å². The molecule has 0 aromatic carbocycles. The monoisotopic (exact) mass is 719 g/mol. The average Bonchev–Trinajstić information content (AvgIpc) is 3.06. The molecule has 49 heavy (non-hydrogen) atoms. The van der Waals surface area contributed by atoms with Crippen molar-refractivity contribution in [3.63, 3.8) is 0 Å². The van der Waals surface area contributed by atoms with Gasteiger partial charge in [-0.1, -0.05) is 47.1 Å². The van der Waals surface area contributed by atoms with E-state index in [1.807, 2.05) is 13.8 Å². The largest absolute Gasteiger partial charge is 0.412 e. The smallest absolute Gasteiger partial charge is 0.0579 e. The second kappa shape index (κ2) is 78.8. The molecule has 0 unspecified atom stereocenters. The molecule has 0 rings (SSSR count). The van der Waals surface area contributed by atoms with Crippen LogP contribution in [0.5, 0.6) is 0 Å². The van der Waals surface area contributed by atoms with E-state index in [9.17, 15) is 0 Å². The molecule has 0 aliphatic carbocycles. The lowest BCUT2D eigenvalue weighted by molar-refractivity contribution is -0.741. The van der Waals surface area contributed by atoms with Gasteiger partial charge >= 0.3 is 0 Å². The number of nitrogens with zero attached hydrogens (tertiary/aromatic N) is 1. The highest BCUT2D eigenvalue weighted by Crippen LogP contribution is 2.01. The van der Waals surface area contributed by atoms with Crippen LogP contribution in [0.3, 0.4) is 0 Å². The van der Waals surface area contributed by atoms with Gasteiger partial charge in [0.2, 0.25) is 0 Å². The molecule has 0 radical (unpaired) electrons. The predicted octanol–water partition coefficient (Wildman–Crippen LogP) is 2.50. The lowest BCUT2D eigenvalue weighted by Crippen LogP contribution is -2.23. The van der Waals surface area contributed by atoms with Crippen molar-refractivity contribution >= 4 is 0 Å². The van der Waals surface area contributed by atoms with Crippen molar-refractivity contribution in [2.45, 2.75) is 53.4 Å². The first-order chi connectivity index (χ1) is 22.0. The first kappa shape index (κ1) is 66.3. The normalized spacial score (nSPS) is 6.41. The van der Waals surface area contributed by atoms with Crippen molar-refractivity contribution in [2.24, 2.45) is 0 Å². The minimum absolute atomic E-state index is 0. The molecule has 0 fully saturated rings. The molecule has 0 amide bonds. The topological polar surface area (TPSA) is 318 Å². The molecule has 0 spiro atoms. The third-order valence-electron chi connectivity index (χ3n) is 2.78. The van der Waals surface area contributed by atoms with Gasteiger partial charge in [-0.3, -0.25) is 0 Å². The van der Waals surface area contributed by atoms with E-state index in [-0.39, 0.29) is 35.4 Å². The van der Waals surface area contributed by atoms with E-state index < -0.39 is 0 Å². The van der Waals surface area contributed by atoms with Gasteiger partial charge in [-0.2, -0.15) is 0 Å². The summed E-state index contributed by atoms with van der Waals surface area (Å²) in [6.07, 6.45) is 18.5. The minimum Gasteiger partial charge on any atom is -0.412 e. The molecule has 0 aromatic rings. The molecule has 0 atom stereocenters. The lowest BCUT2D eigenvalue weighted by atomic mass is 10.2. The average molecular weight is 720 g/mol. The zero-order chi connectivity index (χ0) is 34.9. The minimum atomic E-state index is 0. The molecule has 0 aliphatic rings. The Morgan fingerprint density at radius 3 is 1.31 bits per heavy atom. The van der Waals surface area contributed by atoms with Gasteiger partial charge in [0.15, 0.2) is 0 Å². The van der Waals surface area contributed by atoms with Crippen molar-refractivity contribution in [1.29, 1.82) is 0 Å². The summed E-state index contributed by atoms with van der Waals surface area (Å²) in [4.78, 5) is 14.8. The first-order valence-electron chi connectivity index (χ1n) is 11.4. The van der Waals surface area contributed by atoms with Crippen LogP contribution in [-0.4, -0.2) is 49.2 Å². The lowest BCUT2D eigenvalue weighted by Gasteiger charge is -2.11. The maximum atomic E-state index is 8.12. The Labute approximate surface area is 298 Å². The quantitative estimate of drug-likeness (QED) is 0.0612. The fourth-order valence-corrected chi connectivity index (χ4v) is 1.27. The fourth-order valence-electron chi connectivity index (χ4n) is 1.27. The predicted molar refractivity (Wildman–Crippen MR) is 188 cm³/mol. The van der Waals surface area contributed by atoms with E-state index in [1.165, 1.54) is 5.64 Å². The highest BCUT2D eigenvalue weighted by Gasteiger charge is 2.05. The molecule has 20 heteroatoms. The second-order valence-electron chi connectivity index (χ2n) is 5.51. The zero-order valence-corrected chi connectivity index (χ0v) is 26.8. The standard InChI is InChI=1S/C14H2.C6H15NO5.C5H4.C4H6.H3NO9.H3N.3H2O.9H2/c1-3-5-7-9-11-13-14-12-10-8-6-4-2;1-2-3-4-5-6-7(10-8)11-12-9;1-3-5-4-2;1-3-4-2;2-6-8-4-1-5-9-10-7-3;;;;;;;;;;;;;/h1-2H;8-9H,2-6H2,1H3;1H,2H3;1-2H3;1-3H;1H3;3*1H2;9*1H. The fraction of sp³-hybridized carbons (Fsp3) is 0.310. The van der Waals surface area contributed by atoms with Crippen molar-refractivity contribution in [1.82, 2.24) is 17.0 Å². The Morgan fingerprint density at radius 1 is 0.571 bits per heavy atom. The number of rotatable bonds is 15. The number of nitrogens with one attached hydrogen (secondary N) is 1. The van der Waals surface area contributed by atoms with Crippen molar-refractivity contribution in [3.8, 4) is 120 Å². The van der Waals surface area contributed by atoms with Crippen LogP contribution in [0.2, 0.25) is 0 Å². The van der Waals surface area contributed by atoms with Crippen molar-refractivity contribution in [3.05, 3.63) is 0 Å². The molecule has 20 nitrogen and oxygen atoms in total. The van der Waals surface area contributed by atoms with E-state index in [0.29, 0.717) is 11.8 Å². The maximum Gasteiger partial charge on any atom is 0.0579 e. The Morgan fingerprint density at radius 2 is 1.00 bits per heavy atom. The summed E-state index contributed by atoms with van der Waals surface area (Å²) in [7, 11) is 0. The molecule has 290 valence electrons. The van der Waals surface area contributed by atoms with Crippen LogP contribution in [0.1, 0.15) is 66.2 Å². The third kappa shape index (κ3) is 99.2. The molecule has 0 aromatic heterocycles. The van der Waals surface area contributed by atoms with Gasteiger partial charge in [0.25, 0.3) is 0 Å². The summed E-state index contributed by atoms with van der Waals surface area (Å²) >= 11 is 0. The van der Waals surface area contributed by atoms with Crippen molar-refractivity contribution in [2.75, 3.05) is 6.54 Å². The molecule has 0 saturated carbocycles. The van der Waals surface area contributed by atoms with Crippen LogP contribution in [0, 0.1) is 120 Å². The van der Waals surface area contributed by atoms with Gasteiger partial charge in [0, 0.05) is 18.1 Å². The van der Waals surface area contributed by atoms with Crippen LogP contribution in [0.25, 0.3) is 0 Å². The molecule has 0 aliphatic heterocycles. The first-order valence-corrected chi connectivity index (χ1v) is 11.4. The maximum absolute atomic E-state index is 8.12. The van der Waals surface area contributed by atoms with E-state index in [0.717, 1.165) is 25.7 Å². The van der Waals surface area contributed by atoms with Crippen LogP contribution in [-0.2, 0) is 50.2 Å². The van der Waals surface area contributed by atoms with E-state index in [4.69, 9.17) is 40.3 Å². The zero-order valence-electron chi connectivity index (χ0n) is 26.8. The van der Waals surface area contributed by atoms with E-state index in [1.54, 1.807) is 6.92 Å². The van der Waals surface area contributed by atoms with Crippen LogP contribution >= 0.6 is 0 Å². The summed E-state index contributed by atoms with van der Waals surface area (Å²) in [5.41, 5.74) is 1.38. The molecule has 0 bridgehead atoms. The molecule has 0 saturated heterocycles. The SMILES string of the molecule is C#CC#CC.C#CC#CC#CC#CC#CC#CC#C.CC#CC.CCCCCCN(OO)OOO.N.O.O.O.OOOONOOOOO.[HH].[HH].[HH].[HH].[HH].[HH].[HH].[HH].[HH]. The number of hydrogen-bond donors (Lipinski definition) is 6. The van der Waals surface area contributed by atoms with Crippen molar-refractivity contribution < 1.29 is 100 Å². The number of terminal acetylenes is 3. The third-order valence-corrected chi connectivity index (χ3v) is 2.78. The van der Waals surface area contributed by atoms with Gasteiger partial charge in [0.1, 0.15) is 0 Å².